The van der Waals surface area contributed by atoms with Gasteiger partial charge in [-0.25, -0.2) is 22.0 Å². The van der Waals surface area contributed by atoms with Gasteiger partial charge in [0.05, 0.1) is 17.0 Å². The third-order valence-corrected chi connectivity index (χ3v) is 9.64. The van der Waals surface area contributed by atoms with E-state index in [-0.39, 0.29) is 30.0 Å². The van der Waals surface area contributed by atoms with Crippen LogP contribution in [-0.2, 0) is 19.6 Å². The summed E-state index contributed by atoms with van der Waals surface area (Å²) in [5.41, 5.74) is 6.36. The van der Waals surface area contributed by atoms with Crippen LogP contribution in [0.5, 0.6) is 0 Å². The molecule has 15 heteroatoms. The second kappa shape index (κ2) is 10.0. The van der Waals surface area contributed by atoms with Gasteiger partial charge in [0.2, 0.25) is 15.9 Å². The largest absolute Gasteiger partial charge is 0.490 e. The third-order valence-electron chi connectivity index (χ3n) is 7.66. The van der Waals surface area contributed by atoms with Gasteiger partial charge in [-0.15, -0.1) is 0 Å². The van der Waals surface area contributed by atoms with Crippen LogP contribution in [0.2, 0.25) is 0 Å². The average molecular weight is 565 g/mol. The van der Waals surface area contributed by atoms with Gasteiger partial charge < -0.3 is 15.7 Å². The van der Waals surface area contributed by atoms with E-state index in [9.17, 15) is 40.4 Å². The van der Waals surface area contributed by atoms with E-state index in [0.29, 0.717) is 44.1 Å². The maximum atomic E-state index is 13.6. The Morgan fingerprint density at radius 3 is 2.05 bits per heavy atom. The van der Waals surface area contributed by atoms with Gasteiger partial charge in [0.25, 0.3) is 0 Å². The number of halogens is 5. The highest BCUT2D eigenvalue weighted by atomic mass is 32.2. The highest BCUT2D eigenvalue weighted by Gasteiger charge is 2.56. The maximum absolute atomic E-state index is 13.6. The summed E-state index contributed by atoms with van der Waals surface area (Å²) >= 11 is 0. The standard InChI is InChI=1S/C21H24F2N4O3S.C2HF3O2/c22-13-7-14(23)9-18(8-13)31(29,30)27-15-1-2-16(27)5-12(4-15)20(25)21(28)26-17(10-24)3-11-6-19(11)26;3-2(4,5)1(6)7/h7-9,11-12,15-17,19-20H,1-6,25H2;(H,6,7)/t11-,12?,15?,16?,17+,19+,20+;/m1./s1. The molecule has 1 aliphatic carbocycles. The van der Waals surface area contributed by atoms with Gasteiger partial charge in [-0.3, -0.25) is 4.79 Å². The first kappa shape index (κ1) is 28.2. The van der Waals surface area contributed by atoms with Gasteiger partial charge in [0.15, 0.2) is 0 Å². The van der Waals surface area contributed by atoms with Crippen molar-refractivity contribution in [3.63, 3.8) is 0 Å². The molecule has 1 saturated carbocycles. The molecule has 4 aliphatic rings. The number of rotatable bonds is 4. The van der Waals surface area contributed by atoms with Crippen molar-refractivity contribution in [2.45, 2.75) is 79.8 Å². The molecule has 5 rings (SSSR count). The lowest BCUT2D eigenvalue weighted by atomic mass is 9.85. The van der Waals surface area contributed by atoms with Gasteiger partial charge in [-0.1, -0.05) is 0 Å². The summed E-state index contributed by atoms with van der Waals surface area (Å²) in [6, 6.07) is 2.68. The lowest BCUT2D eigenvalue weighted by Crippen LogP contribution is -2.55. The van der Waals surface area contributed by atoms with Crippen molar-refractivity contribution in [3.05, 3.63) is 29.8 Å². The number of piperidine rings is 2. The summed E-state index contributed by atoms with van der Waals surface area (Å²) < 4.78 is 86.7. The van der Waals surface area contributed by atoms with Crippen molar-refractivity contribution in [2.75, 3.05) is 0 Å². The highest BCUT2D eigenvalue weighted by molar-refractivity contribution is 7.89. The smallest absolute Gasteiger partial charge is 0.475 e. The van der Waals surface area contributed by atoms with Crippen LogP contribution in [-0.4, -0.2) is 71.0 Å². The van der Waals surface area contributed by atoms with Crippen LogP contribution >= 0.6 is 0 Å². The van der Waals surface area contributed by atoms with Gasteiger partial charge in [0.1, 0.15) is 17.7 Å². The molecule has 3 N–H and O–H groups in total. The number of carbonyl (C=O) groups is 2. The summed E-state index contributed by atoms with van der Waals surface area (Å²) in [5, 5.41) is 16.5. The molecule has 208 valence electrons. The van der Waals surface area contributed by atoms with E-state index in [0.717, 1.165) is 18.6 Å². The fourth-order valence-corrected chi connectivity index (χ4v) is 7.86. The number of likely N-dealkylation sites (tertiary alicyclic amines) is 1. The van der Waals surface area contributed by atoms with Crippen LogP contribution in [0, 0.1) is 34.8 Å². The molecule has 38 heavy (non-hydrogen) atoms. The van der Waals surface area contributed by atoms with E-state index >= 15 is 0 Å². The lowest BCUT2D eigenvalue weighted by molar-refractivity contribution is -0.192. The molecule has 1 aromatic carbocycles. The summed E-state index contributed by atoms with van der Waals surface area (Å²) in [6.45, 7) is 0. The number of carboxylic acids is 1. The zero-order valence-electron chi connectivity index (χ0n) is 19.8. The van der Waals surface area contributed by atoms with Crippen molar-refractivity contribution < 1.29 is 45.1 Å². The molecule has 6 atom stereocenters. The molecule has 3 aliphatic heterocycles. The van der Waals surface area contributed by atoms with Gasteiger partial charge in [-0.2, -0.15) is 22.7 Å². The Morgan fingerprint density at radius 1 is 1.05 bits per heavy atom. The van der Waals surface area contributed by atoms with Crippen LogP contribution in [0.15, 0.2) is 23.1 Å². The number of nitrogens with two attached hydrogens (primary N) is 1. The van der Waals surface area contributed by atoms with Crippen molar-refractivity contribution >= 4 is 21.9 Å². The first-order chi connectivity index (χ1) is 17.6. The summed E-state index contributed by atoms with van der Waals surface area (Å²) in [7, 11) is -4.07. The number of carbonyl (C=O) groups excluding carboxylic acids is 1. The first-order valence-corrected chi connectivity index (χ1v) is 13.4. The molecule has 0 spiro atoms. The number of amides is 1. The monoisotopic (exact) mass is 564 g/mol. The van der Waals surface area contributed by atoms with E-state index in [1.165, 1.54) is 4.31 Å². The molecule has 4 fully saturated rings. The Bertz CT molecular complexity index is 1240. The Balaban J connectivity index is 0.000000426. The number of hydrogen-bond acceptors (Lipinski definition) is 6. The minimum Gasteiger partial charge on any atom is -0.475 e. The Morgan fingerprint density at radius 2 is 1.58 bits per heavy atom. The second-order valence-corrected chi connectivity index (χ2v) is 11.9. The average Bonchev–Trinajstić information content (AvgIpc) is 3.40. The van der Waals surface area contributed by atoms with Crippen molar-refractivity contribution in [3.8, 4) is 6.07 Å². The molecular weight excluding hydrogens is 539 g/mol. The fourth-order valence-electron chi connectivity index (χ4n) is 5.92. The summed E-state index contributed by atoms with van der Waals surface area (Å²) in [6.07, 6.45) is -1.39. The summed E-state index contributed by atoms with van der Waals surface area (Å²) in [5.74, 6) is -4.65. The molecule has 9 nitrogen and oxygen atoms in total. The first-order valence-electron chi connectivity index (χ1n) is 11.9. The minimum atomic E-state index is -5.08. The zero-order chi connectivity index (χ0) is 28.2. The third kappa shape index (κ3) is 5.34. The predicted molar refractivity (Wildman–Crippen MR) is 119 cm³/mol. The highest BCUT2D eigenvalue weighted by Crippen LogP contribution is 2.49. The molecule has 3 saturated heterocycles. The maximum Gasteiger partial charge on any atom is 0.490 e. The van der Waals surface area contributed by atoms with Crippen molar-refractivity contribution in [2.24, 2.45) is 17.6 Å². The van der Waals surface area contributed by atoms with E-state index in [1.54, 1.807) is 4.90 Å². The second-order valence-electron chi connectivity index (χ2n) is 10.1. The van der Waals surface area contributed by atoms with Gasteiger partial charge in [0, 0.05) is 24.2 Å². The van der Waals surface area contributed by atoms with Crippen molar-refractivity contribution in [1.82, 2.24) is 9.21 Å². The number of fused-ring (bicyclic) bond motifs is 3. The molecular formula is C23H25F5N4O5S. The van der Waals surface area contributed by atoms with Crippen LogP contribution in [0.25, 0.3) is 0 Å². The van der Waals surface area contributed by atoms with Crippen LogP contribution in [0.3, 0.4) is 0 Å². The quantitative estimate of drug-likeness (QED) is 0.534. The fraction of sp³-hybridized carbons (Fsp3) is 0.609. The van der Waals surface area contributed by atoms with Crippen molar-refractivity contribution in [1.29, 1.82) is 5.26 Å². The van der Waals surface area contributed by atoms with Gasteiger partial charge >= 0.3 is 12.1 Å². The summed E-state index contributed by atoms with van der Waals surface area (Å²) in [4.78, 5) is 23.2. The molecule has 0 radical (unpaired) electrons. The van der Waals surface area contributed by atoms with Crippen LogP contribution in [0.1, 0.15) is 38.5 Å². The zero-order valence-corrected chi connectivity index (χ0v) is 20.6. The minimum absolute atomic E-state index is 0.114. The number of benzene rings is 1. The molecule has 3 heterocycles. The lowest BCUT2D eigenvalue weighted by Gasteiger charge is -2.40. The molecule has 2 unspecified atom stereocenters. The Hall–Kier alpha value is -2.83. The SMILES string of the molecule is N#C[C@@H]1C[C@@H]2C[C@@H]2N1C(=O)[C@@H](N)C1CC2CCC(C1)N2S(=O)(=O)c1cc(F)cc(F)c1.O=C(O)C(F)(F)F. The number of hydrogen-bond donors (Lipinski definition) is 2. The molecule has 1 amide bonds. The molecule has 0 aromatic heterocycles. The van der Waals surface area contributed by atoms with E-state index in [1.807, 2.05) is 0 Å². The van der Waals surface area contributed by atoms with E-state index in [4.69, 9.17) is 15.6 Å². The Labute approximate surface area is 215 Å². The number of aliphatic carboxylic acids is 1. The predicted octanol–water partition coefficient (Wildman–Crippen LogP) is 2.37. The topological polar surface area (TPSA) is 145 Å². The van der Waals surface area contributed by atoms with Crippen LogP contribution < -0.4 is 5.73 Å². The van der Waals surface area contributed by atoms with Crippen LogP contribution in [0.4, 0.5) is 22.0 Å². The molecule has 2 bridgehead atoms. The normalized spacial score (nSPS) is 31.0. The van der Waals surface area contributed by atoms with E-state index in [2.05, 4.69) is 6.07 Å². The Kier molecular flexibility index (Phi) is 7.45. The number of sulfonamides is 1. The number of nitrogens with zero attached hydrogens (tertiary/aromatic N) is 3. The number of alkyl halides is 3. The van der Waals surface area contributed by atoms with E-state index < -0.39 is 50.8 Å². The number of nitriles is 1. The molecule has 1 aromatic rings. The number of carboxylic acid groups (broad SMARTS) is 1. The van der Waals surface area contributed by atoms with Gasteiger partial charge in [-0.05, 0) is 62.5 Å².